The highest BCUT2D eigenvalue weighted by atomic mass is 19.1. The van der Waals surface area contributed by atoms with Crippen LogP contribution >= 0.6 is 0 Å². The Morgan fingerprint density at radius 1 is 1.17 bits per heavy atom. The molecule has 5 nitrogen and oxygen atoms in total. The maximum absolute atomic E-state index is 13.1. The number of carbonyl (C=O) groups is 1. The van der Waals surface area contributed by atoms with Gasteiger partial charge in [0.15, 0.2) is 0 Å². The van der Waals surface area contributed by atoms with Crippen LogP contribution in [-0.2, 0) is 4.79 Å². The van der Waals surface area contributed by atoms with Crippen LogP contribution in [0.3, 0.4) is 0 Å². The molecule has 30 heavy (non-hydrogen) atoms. The minimum atomic E-state index is -0.206. The summed E-state index contributed by atoms with van der Waals surface area (Å²) in [5.41, 5.74) is 3.80. The monoisotopic (exact) mass is 411 g/mol. The summed E-state index contributed by atoms with van der Waals surface area (Å²) < 4.78 is 18.6. The molecule has 1 amide bonds. The van der Waals surface area contributed by atoms with Crippen LogP contribution in [0, 0.1) is 5.82 Å². The average Bonchev–Trinajstić information content (AvgIpc) is 2.77. The molecule has 0 aromatic heterocycles. The van der Waals surface area contributed by atoms with Crippen molar-refractivity contribution in [2.24, 2.45) is 0 Å². The minimum Gasteiger partial charge on any atom is -0.495 e. The normalized spacial score (nSPS) is 14.4. The molecule has 0 atom stereocenters. The molecule has 160 valence electrons. The SMILES string of the molecule is C=C(C)c1ccc(N(C=O)CCCN2CCN(c3ccc(F)cc3)CC2)c(OC)c1. The Balaban J connectivity index is 1.50. The molecular weight excluding hydrogens is 381 g/mol. The zero-order chi connectivity index (χ0) is 21.5. The van der Waals surface area contributed by atoms with Crippen molar-refractivity contribution in [2.45, 2.75) is 13.3 Å². The molecule has 2 aromatic carbocycles. The van der Waals surface area contributed by atoms with Crippen LogP contribution < -0.4 is 14.5 Å². The summed E-state index contributed by atoms with van der Waals surface area (Å²) >= 11 is 0. The molecule has 1 saturated heterocycles. The highest BCUT2D eigenvalue weighted by Gasteiger charge is 2.18. The molecule has 6 heteroatoms. The summed E-state index contributed by atoms with van der Waals surface area (Å²) in [5.74, 6) is 0.471. The zero-order valence-electron chi connectivity index (χ0n) is 17.8. The molecule has 3 rings (SSSR count). The van der Waals surface area contributed by atoms with Gasteiger partial charge in [0.2, 0.25) is 6.41 Å². The number of ether oxygens (including phenoxy) is 1. The van der Waals surface area contributed by atoms with E-state index in [1.807, 2.05) is 37.3 Å². The van der Waals surface area contributed by atoms with E-state index in [-0.39, 0.29) is 5.82 Å². The van der Waals surface area contributed by atoms with Gasteiger partial charge in [-0.05, 0) is 61.9 Å². The summed E-state index contributed by atoms with van der Waals surface area (Å²) in [4.78, 5) is 18.1. The van der Waals surface area contributed by atoms with Gasteiger partial charge >= 0.3 is 0 Å². The van der Waals surface area contributed by atoms with Gasteiger partial charge in [0.25, 0.3) is 0 Å². The molecule has 0 radical (unpaired) electrons. The van der Waals surface area contributed by atoms with Crippen molar-refractivity contribution < 1.29 is 13.9 Å². The van der Waals surface area contributed by atoms with Gasteiger partial charge in [0.1, 0.15) is 11.6 Å². The third-order valence-electron chi connectivity index (χ3n) is 5.55. The quantitative estimate of drug-likeness (QED) is 0.584. The smallest absolute Gasteiger partial charge is 0.214 e. The van der Waals surface area contributed by atoms with Crippen LogP contribution in [0.1, 0.15) is 18.9 Å². The van der Waals surface area contributed by atoms with Crippen LogP contribution in [0.2, 0.25) is 0 Å². The molecule has 1 fully saturated rings. The Morgan fingerprint density at radius 2 is 1.87 bits per heavy atom. The van der Waals surface area contributed by atoms with E-state index >= 15 is 0 Å². The molecule has 0 aliphatic carbocycles. The summed E-state index contributed by atoms with van der Waals surface area (Å²) in [6.45, 7) is 11.2. The lowest BCUT2D eigenvalue weighted by atomic mass is 10.1. The van der Waals surface area contributed by atoms with Crippen molar-refractivity contribution in [1.29, 1.82) is 0 Å². The lowest BCUT2D eigenvalue weighted by Crippen LogP contribution is -2.47. The summed E-state index contributed by atoms with van der Waals surface area (Å²) in [5, 5.41) is 0. The average molecular weight is 412 g/mol. The molecule has 0 N–H and O–H groups in total. The van der Waals surface area contributed by atoms with Crippen molar-refractivity contribution in [3.63, 3.8) is 0 Å². The number of rotatable bonds is 9. The van der Waals surface area contributed by atoms with Gasteiger partial charge in [-0.2, -0.15) is 0 Å². The maximum atomic E-state index is 13.1. The molecule has 1 aliphatic rings. The van der Waals surface area contributed by atoms with Crippen molar-refractivity contribution >= 4 is 23.4 Å². The zero-order valence-corrected chi connectivity index (χ0v) is 17.8. The van der Waals surface area contributed by atoms with E-state index in [0.717, 1.165) is 68.1 Å². The van der Waals surface area contributed by atoms with Crippen LogP contribution in [0.25, 0.3) is 5.57 Å². The Bertz CT molecular complexity index is 861. The number of benzene rings is 2. The molecule has 0 spiro atoms. The fraction of sp³-hybridized carbons (Fsp3) is 0.375. The van der Waals surface area contributed by atoms with Gasteiger partial charge in [-0.15, -0.1) is 0 Å². The molecule has 1 heterocycles. The first-order valence-electron chi connectivity index (χ1n) is 10.3. The van der Waals surface area contributed by atoms with Crippen molar-refractivity contribution in [3.05, 3.63) is 60.4 Å². The van der Waals surface area contributed by atoms with Gasteiger partial charge in [-0.3, -0.25) is 9.69 Å². The lowest BCUT2D eigenvalue weighted by molar-refractivity contribution is -0.107. The van der Waals surface area contributed by atoms with Gasteiger partial charge in [-0.1, -0.05) is 18.2 Å². The Hall–Kier alpha value is -2.86. The molecule has 0 unspecified atom stereocenters. The topological polar surface area (TPSA) is 36.0 Å². The standard InChI is InChI=1S/C24H30FN3O2/c1-19(2)20-5-10-23(24(17-20)30-3)28(18-29)12-4-11-26-13-15-27(16-14-26)22-8-6-21(25)7-9-22/h5-10,17-18H,1,4,11-16H2,2-3H3. The van der Waals surface area contributed by atoms with Gasteiger partial charge in [0.05, 0.1) is 12.8 Å². The van der Waals surface area contributed by atoms with Crippen molar-refractivity contribution in [2.75, 3.05) is 56.2 Å². The van der Waals surface area contributed by atoms with Gasteiger partial charge < -0.3 is 14.5 Å². The molecule has 0 saturated carbocycles. The maximum Gasteiger partial charge on any atom is 0.214 e. The number of anilines is 2. The number of halogens is 1. The summed E-state index contributed by atoms with van der Waals surface area (Å²) in [6, 6.07) is 12.5. The first kappa shape index (κ1) is 21.8. The number of hydrogen-bond acceptors (Lipinski definition) is 4. The Morgan fingerprint density at radius 3 is 2.47 bits per heavy atom. The van der Waals surface area contributed by atoms with Crippen LogP contribution in [-0.4, -0.2) is 57.7 Å². The highest BCUT2D eigenvalue weighted by Crippen LogP contribution is 2.31. The number of piperazine rings is 1. The number of nitrogens with zero attached hydrogens (tertiary/aromatic N) is 3. The third-order valence-corrected chi connectivity index (χ3v) is 5.55. The molecule has 0 bridgehead atoms. The van der Waals surface area contributed by atoms with Gasteiger partial charge in [-0.25, -0.2) is 4.39 Å². The largest absolute Gasteiger partial charge is 0.495 e. The first-order valence-corrected chi connectivity index (χ1v) is 10.3. The fourth-order valence-electron chi connectivity index (χ4n) is 3.76. The van der Waals surface area contributed by atoms with E-state index in [1.165, 1.54) is 12.1 Å². The number of allylic oxidation sites excluding steroid dienone is 1. The predicted octanol–water partition coefficient (Wildman–Crippen LogP) is 4.04. The Kier molecular flexibility index (Phi) is 7.46. The Labute approximate surface area is 178 Å². The number of carbonyl (C=O) groups excluding carboxylic acids is 1. The number of hydrogen-bond donors (Lipinski definition) is 0. The van der Waals surface area contributed by atoms with Gasteiger partial charge in [0, 0.05) is 38.4 Å². The van der Waals surface area contributed by atoms with E-state index in [9.17, 15) is 9.18 Å². The number of methoxy groups -OCH3 is 1. The minimum absolute atomic E-state index is 0.206. The number of amides is 1. The summed E-state index contributed by atoms with van der Waals surface area (Å²) in [6.07, 6.45) is 1.74. The highest BCUT2D eigenvalue weighted by molar-refractivity contribution is 5.80. The first-order chi connectivity index (χ1) is 14.5. The molecular formula is C24H30FN3O2. The third kappa shape index (κ3) is 5.39. The van der Waals surface area contributed by atoms with E-state index in [4.69, 9.17) is 4.74 Å². The second-order valence-corrected chi connectivity index (χ2v) is 7.62. The second kappa shape index (κ2) is 10.3. The second-order valence-electron chi connectivity index (χ2n) is 7.62. The fourth-order valence-corrected chi connectivity index (χ4v) is 3.76. The van der Waals surface area contributed by atoms with E-state index in [0.29, 0.717) is 12.3 Å². The van der Waals surface area contributed by atoms with Crippen LogP contribution in [0.15, 0.2) is 49.0 Å². The van der Waals surface area contributed by atoms with E-state index < -0.39 is 0 Å². The van der Waals surface area contributed by atoms with Crippen molar-refractivity contribution in [3.8, 4) is 5.75 Å². The predicted molar refractivity (Wildman–Crippen MR) is 121 cm³/mol. The molecule has 1 aliphatic heterocycles. The lowest BCUT2D eigenvalue weighted by Gasteiger charge is -2.36. The molecule has 2 aromatic rings. The van der Waals surface area contributed by atoms with E-state index in [1.54, 1.807) is 12.0 Å². The van der Waals surface area contributed by atoms with Crippen molar-refractivity contribution in [1.82, 2.24) is 4.90 Å². The van der Waals surface area contributed by atoms with Crippen LogP contribution in [0.5, 0.6) is 5.75 Å². The summed E-state index contributed by atoms with van der Waals surface area (Å²) in [7, 11) is 1.62. The van der Waals surface area contributed by atoms with E-state index in [2.05, 4.69) is 16.4 Å². The van der Waals surface area contributed by atoms with Crippen LogP contribution in [0.4, 0.5) is 15.8 Å².